The van der Waals surface area contributed by atoms with Gasteiger partial charge in [0.1, 0.15) is 11.6 Å². The number of rotatable bonds is 10. The molecule has 2 fully saturated rings. The Balaban J connectivity index is 1.31. The van der Waals surface area contributed by atoms with E-state index in [2.05, 4.69) is 46.5 Å². The van der Waals surface area contributed by atoms with E-state index in [1.54, 1.807) is 0 Å². The largest absolute Gasteiger partial charge is 0.494 e. The van der Waals surface area contributed by atoms with Gasteiger partial charge in [-0.25, -0.2) is 4.98 Å². The Morgan fingerprint density at radius 2 is 1.93 bits per heavy atom. The Bertz CT molecular complexity index is 756. The second-order valence-electron chi connectivity index (χ2n) is 8.75. The van der Waals surface area contributed by atoms with E-state index in [1.807, 2.05) is 24.4 Å². The van der Waals surface area contributed by atoms with Crippen LogP contribution in [0.25, 0.3) is 0 Å². The van der Waals surface area contributed by atoms with E-state index in [0.29, 0.717) is 0 Å². The first-order valence-electron chi connectivity index (χ1n) is 11.4. The molecule has 2 aromatic rings. The van der Waals surface area contributed by atoms with Crippen molar-refractivity contribution in [2.24, 2.45) is 0 Å². The summed E-state index contributed by atoms with van der Waals surface area (Å²) in [5.41, 5.74) is 1.42. The second-order valence-corrected chi connectivity index (χ2v) is 8.75. The molecule has 0 unspecified atom stereocenters. The average molecular weight is 410 g/mol. The standard InChI is InChI=1S/C25H35N3O2/c1-28(22-6-4-7-22)16-5-17-30-23-11-9-21(10-12-23)25(13-18-29-19-14-25)20-27-24-8-2-3-15-26-24/h2-3,8-12,15,22H,4-7,13-14,16-20H2,1H3,(H,26,27). The van der Waals surface area contributed by atoms with Crippen LogP contribution in [0.1, 0.15) is 44.1 Å². The van der Waals surface area contributed by atoms with Crippen molar-refractivity contribution in [2.45, 2.75) is 50.0 Å². The van der Waals surface area contributed by atoms with Crippen LogP contribution in [0.4, 0.5) is 5.82 Å². The van der Waals surface area contributed by atoms with Crippen LogP contribution in [0.3, 0.4) is 0 Å². The van der Waals surface area contributed by atoms with Crippen molar-refractivity contribution in [3.63, 3.8) is 0 Å². The van der Waals surface area contributed by atoms with Crippen LogP contribution >= 0.6 is 0 Å². The molecule has 1 N–H and O–H groups in total. The molecular weight excluding hydrogens is 374 g/mol. The zero-order valence-corrected chi connectivity index (χ0v) is 18.2. The van der Waals surface area contributed by atoms with Crippen LogP contribution in [0, 0.1) is 0 Å². The minimum Gasteiger partial charge on any atom is -0.494 e. The molecule has 1 saturated heterocycles. The number of hydrogen-bond acceptors (Lipinski definition) is 5. The van der Waals surface area contributed by atoms with Crippen molar-refractivity contribution in [3.8, 4) is 5.75 Å². The first-order valence-corrected chi connectivity index (χ1v) is 11.4. The van der Waals surface area contributed by atoms with Gasteiger partial charge in [-0.1, -0.05) is 24.6 Å². The van der Waals surface area contributed by atoms with Crippen LogP contribution in [-0.4, -0.2) is 55.9 Å². The minimum absolute atomic E-state index is 0.0692. The highest BCUT2D eigenvalue weighted by atomic mass is 16.5. The van der Waals surface area contributed by atoms with Crippen molar-refractivity contribution in [1.29, 1.82) is 0 Å². The predicted octanol–water partition coefficient (Wildman–Crippen LogP) is 4.50. The topological polar surface area (TPSA) is 46.6 Å². The van der Waals surface area contributed by atoms with Crippen molar-refractivity contribution in [3.05, 3.63) is 54.2 Å². The van der Waals surface area contributed by atoms with E-state index < -0.39 is 0 Å². The highest BCUT2D eigenvalue weighted by molar-refractivity contribution is 5.38. The Labute approximate surface area is 180 Å². The molecule has 1 aliphatic heterocycles. The zero-order chi connectivity index (χ0) is 20.7. The molecule has 1 aromatic heterocycles. The van der Waals surface area contributed by atoms with Gasteiger partial charge in [-0.05, 0) is 69.0 Å². The normalized spacial score (nSPS) is 18.7. The SMILES string of the molecule is CN(CCCOc1ccc(C2(CNc3ccccn3)CCOCC2)cc1)C1CCC1. The lowest BCUT2D eigenvalue weighted by Crippen LogP contribution is -2.40. The number of benzene rings is 1. The van der Waals surface area contributed by atoms with Crippen LogP contribution < -0.4 is 10.1 Å². The quantitative estimate of drug-likeness (QED) is 0.586. The number of anilines is 1. The molecule has 0 amide bonds. The van der Waals surface area contributed by atoms with E-state index in [0.717, 1.165) is 69.8 Å². The lowest BCUT2D eigenvalue weighted by Gasteiger charge is -2.38. The minimum atomic E-state index is 0.0692. The third-order valence-corrected chi connectivity index (χ3v) is 6.81. The van der Waals surface area contributed by atoms with Crippen molar-refractivity contribution >= 4 is 5.82 Å². The van der Waals surface area contributed by atoms with E-state index in [4.69, 9.17) is 9.47 Å². The number of nitrogens with one attached hydrogen (secondary N) is 1. The van der Waals surface area contributed by atoms with E-state index in [-0.39, 0.29) is 5.41 Å². The smallest absolute Gasteiger partial charge is 0.125 e. The fourth-order valence-corrected chi connectivity index (χ4v) is 4.48. The van der Waals surface area contributed by atoms with Gasteiger partial charge in [0.15, 0.2) is 0 Å². The number of ether oxygens (including phenoxy) is 2. The van der Waals surface area contributed by atoms with Gasteiger partial charge in [0.05, 0.1) is 6.61 Å². The second kappa shape index (κ2) is 10.3. The van der Waals surface area contributed by atoms with Gasteiger partial charge < -0.3 is 19.7 Å². The summed E-state index contributed by atoms with van der Waals surface area (Å²) >= 11 is 0. The maximum absolute atomic E-state index is 6.02. The summed E-state index contributed by atoms with van der Waals surface area (Å²) in [6.07, 6.45) is 9.05. The fourth-order valence-electron chi connectivity index (χ4n) is 4.48. The monoisotopic (exact) mass is 409 g/mol. The van der Waals surface area contributed by atoms with Crippen LogP contribution in [0.15, 0.2) is 48.7 Å². The summed E-state index contributed by atoms with van der Waals surface area (Å²) in [5, 5.41) is 3.54. The van der Waals surface area contributed by atoms with E-state index in [9.17, 15) is 0 Å². The van der Waals surface area contributed by atoms with Gasteiger partial charge in [-0.3, -0.25) is 0 Å². The molecule has 30 heavy (non-hydrogen) atoms. The average Bonchev–Trinajstić information content (AvgIpc) is 2.76. The summed E-state index contributed by atoms with van der Waals surface area (Å²) in [6, 6.07) is 15.5. The number of nitrogens with zero attached hydrogens (tertiary/aromatic N) is 2. The molecule has 0 spiro atoms. The molecule has 2 aliphatic rings. The van der Waals surface area contributed by atoms with Gasteiger partial charge >= 0.3 is 0 Å². The van der Waals surface area contributed by atoms with Gasteiger partial charge in [-0.15, -0.1) is 0 Å². The van der Waals surface area contributed by atoms with Gasteiger partial charge in [0.2, 0.25) is 0 Å². The van der Waals surface area contributed by atoms with Crippen LogP contribution in [0.2, 0.25) is 0 Å². The summed E-state index contributed by atoms with van der Waals surface area (Å²) in [7, 11) is 2.24. The molecule has 162 valence electrons. The summed E-state index contributed by atoms with van der Waals surface area (Å²) in [6.45, 7) is 4.36. The third kappa shape index (κ3) is 5.32. The lowest BCUT2D eigenvalue weighted by atomic mass is 9.74. The molecule has 5 heteroatoms. The Morgan fingerprint density at radius 1 is 1.13 bits per heavy atom. The molecule has 1 aromatic carbocycles. The molecule has 1 aliphatic carbocycles. The third-order valence-electron chi connectivity index (χ3n) is 6.81. The van der Waals surface area contributed by atoms with Crippen LogP contribution in [0.5, 0.6) is 5.75 Å². The van der Waals surface area contributed by atoms with Crippen molar-refractivity contribution < 1.29 is 9.47 Å². The molecule has 0 atom stereocenters. The molecule has 0 radical (unpaired) electrons. The first kappa shape index (κ1) is 21.1. The van der Waals surface area contributed by atoms with Crippen molar-refractivity contribution in [1.82, 2.24) is 9.88 Å². The molecule has 2 heterocycles. The summed E-state index contributed by atoms with van der Waals surface area (Å²) < 4.78 is 11.7. The Hall–Kier alpha value is -2.11. The van der Waals surface area contributed by atoms with Crippen LogP contribution in [-0.2, 0) is 10.2 Å². The number of hydrogen-bond donors (Lipinski definition) is 1. The van der Waals surface area contributed by atoms with Crippen molar-refractivity contribution in [2.75, 3.05) is 45.3 Å². The van der Waals surface area contributed by atoms with Gasteiger partial charge in [0, 0.05) is 44.0 Å². The predicted molar refractivity (Wildman–Crippen MR) is 121 cm³/mol. The maximum Gasteiger partial charge on any atom is 0.125 e. The molecular formula is C25H35N3O2. The first-order chi connectivity index (χ1) is 14.8. The highest BCUT2D eigenvalue weighted by Gasteiger charge is 2.34. The maximum atomic E-state index is 6.02. The number of pyridine rings is 1. The summed E-state index contributed by atoms with van der Waals surface area (Å²) in [5.74, 6) is 1.89. The lowest BCUT2D eigenvalue weighted by molar-refractivity contribution is 0.0543. The fraction of sp³-hybridized carbons (Fsp3) is 0.560. The number of aromatic nitrogens is 1. The van der Waals surface area contributed by atoms with E-state index >= 15 is 0 Å². The molecule has 5 nitrogen and oxygen atoms in total. The Morgan fingerprint density at radius 3 is 2.60 bits per heavy atom. The highest BCUT2D eigenvalue weighted by Crippen LogP contribution is 2.36. The van der Waals surface area contributed by atoms with Gasteiger partial charge in [0.25, 0.3) is 0 Å². The molecule has 4 rings (SSSR count). The Kier molecular flexibility index (Phi) is 7.24. The zero-order valence-electron chi connectivity index (χ0n) is 18.2. The van der Waals surface area contributed by atoms with Gasteiger partial charge in [-0.2, -0.15) is 0 Å². The summed E-state index contributed by atoms with van der Waals surface area (Å²) in [4.78, 5) is 6.90. The molecule has 0 bridgehead atoms. The molecule has 1 saturated carbocycles. The van der Waals surface area contributed by atoms with E-state index in [1.165, 1.54) is 24.8 Å².